The molecule has 0 N–H and O–H groups in total. The van der Waals surface area contributed by atoms with Gasteiger partial charge in [0.15, 0.2) is 0 Å². The molecule has 2 aromatic carbocycles. The van der Waals surface area contributed by atoms with Crippen LogP contribution in [0, 0.1) is 0 Å². The van der Waals surface area contributed by atoms with Gasteiger partial charge in [-0.3, -0.25) is 0 Å². The first-order valence-corrected chi connectivity index (χ1v) is 9.87. The van der Waals surface area contributed by atoms with Crippen LogP contribution in [0.1, 0.15) is 0 Å². The summed E-state index contributed by atoms with van der Waals surface area (Å²) in [6, 6.07) is 13.5. The zero-order valence-corrected chi connectivity index (χ0v) is 16.4. The lowest BCUT2D eigenvalue weighted by Gasteiger charge is -2.12. The second-order valence-corrected chi connectivity index (χ2v) is 8.41. The summed E-state index contributed by atoms with van der Waals surface area (Å²) in [7, 11) is -0.471. The van der Waals surface area contributed by atoms with E-state index in [1.165, 1.54) is 31.0 Å². The lowest BCUT2D eigenvalue weighted by atomic mass is 10.2. The van der Waals surface area contributed by atoms with Crippen LogP contribution in [0.4, 0.5) is 0 Å². The lowest BCUT2D eigenvalue weighted by Crippen LogP contribution is -2.22. The maximum absolute atomic E-state index is 12.0. The van der Waals surface area contributed by atoms with Crippen LogP contribution < -0.4 is 4.74 Å². The van der Waals surface area contributed by atoms with E-state index in [-0.39, 0.29) is 4.90 Å². The molecule has 142 valence electrons. The van der Waals surface area contributed by atoms with Crippen molar-refractivity contribution in [1.29, 1.82) is 0 Å². The predicted molar refractivity (Wildman–Crippen MR) is 101 cm³/mol. The Kier molecular flexibility index (Phi) is 5.73. The Morgan fingerprint density at radius 1 is 1.15 bits per heavy atom. The van der Waals surface area contributed by atoms with Crippen LogP contribution >= 0.6 is 11.6 Å². The van der Waals surface area contributed by atoms with Crippen LogP contribution in [0.5, 0.6) is 5.75 Å². The van der Waals surface area contributed by atoms with Gasteiger partial charge in [0, 0.05) is 24.7 Å². The minimum absolute atomic E-state index is 0.212. The fourth-order valence-corrected chi connectivity index (χ4v) is 3.34. The Balaban J connectivity index is 1.58. The van der Waals surface area contributed by atoms with E-state index in [4.69, 9.17) is 16.3 Å². The topological polar surface area (TPSA) is 90.2 Å². The highest BCUT2D eigenvalue weighted by molar-refractivity contribution is 7.89. The molecule has 0 fully saturated rings. The molecule has 8 nitrogen and oxygen atoms in total. The molecular weight excluding hydrogens is 390 g/mol. The van der Waals surface area contributed by atoms with Crippen molar-refractivity contribution in [1.82, 2.24) is 24.5 Å². The monoisotopic (exact) mass is 407 g/mol. The quantitative estimate of drug-likeness (QED) is 0.597. The predicted octanol–water partition coefficient (Wildman–Crippen LogP) is 2.32. The molecule has 27 heavy (non-hydrogen) atoms. The Hall–Kier alpha value is -2.49. The molecule has 0 saturated heterocycles. The number of nitrogens with zero attached hydrogens (tertiary/aromatic N) is 5. The Labute approximate surface area is 162 Å². The fourth-order valence-electron chi connectivity index (χ4n) is 2.24. The molecule has 0 aliphatic carbocycles. The Morgan fingerprint density at radius 2 is 1.89 bits per heavy atom. The minimum atomic E-state index is -3.45. The number of benzene rings is 2. The van der Waals surface area contributed by atoms with Gasteiger partial charge in [-0.05, 0) is 41.6 Å². The van der Waals surface area contributed by atoms with Crippen molar-refractivity contribution < 1.29 is 13.2 Å². The first-order chi connectivity index (χ1) is 12.9. The third kappa shape index (κ3) is 4.62. The highest BCUT2D eigenvalue weighted by Gasteiger charge is 2.16. The van der Waals surface area contributed by atoms with Gasteiger partial charge in [-0.15, -0.1) is 10.2 Å². The molecule has 10 heteroatoms. The van der Waals surface area contributed by atoms with Gasteiger partial charge in [-0.25, -0.2) is 12.7 Å². The van der Waals surface area contributed by atoms with Crippen molar-refractivity contribution in [3.05, 3.63) is 53.6 Å². The molecule has 0 spiro atoms. The molecule has 0 radical (unpaired) electrons. The number of ether oxygens (including phenoxy) is 1. The Morgan fingerprint density at radius 3 is 2.56 bits per heavy atom. The second-order valence-electron chi connectivity index (χ2n) is 5.83. The molecule has 0 aliphatic rings. The van der Waals surface area contributed by atoms with E-state index < -0.39 is 10.0 Å². The maximum atomic E-state index is 12.0. The normalized spacial score (nSPS) is 11.7. The molecule has 0 aliphatic heterocycles. The van der Waals surface area contributed by atoms with Crippen LogP contribution in [0.3, 0.4) is 0 Å². The standard InChI is InChI=1S/C17H18ClN5O3S/c1-22(2)27(24,25)16-8-6-15(7-9-16)26-11-10-23-20-17(19-21-23)13-4-3-5-14(18)12-13/h3-9,12H,10-11H2,1-2H3. The molecule has 1 heterocycles. The zero-order valence-electron chi connectivity index (χ0n) is 14.8. The average molecular weight is 408 g/mol. The van der Waals surface area contributed by atoms with Crippen LogP contribution in [-0.2, 0) is 16.6 Å². The number of hydrogen-bond donors (Lipinski definition) is 0. The largest absolute Gasteiger partial charge is 0.492 e. The van der Waals surface area contributed by atoms with Gasteiger partial charge in [0.2, 0.25) is 15.8 Å². The summed E-state index contributed by atoms with van der Waals surface area (Å²) in [6.45, 7) is 0.705. The zero-order chi connectivity index (χ0) is 19.4. The fraction of sp³-hybridized carbons (Fsp3) is 0.235. The first kappa shape index (κ1) is 19.3. The van der Waals surface area contributed by atoms with Crippen molar-refractivity contribution >= 4 is 21.6 Å². The van der Waals surface area contributed by atoms with E-state index in [1.807, 2.05) is 12.1 Å². The molecule has 1 aromatic heterocycles. The second kappa shape index (κ2) is 8.03. The molecule has 0 bridgehead atoms. The van der Waals surface area contributed by atoms with E-state index in [9.17, 15) is 8.42 Å². The van der Waals surface area contributed by atoms with Crippen LogP contribution in [0.25, 0.3) is 11.4 Å². The summed E-state index contributed by atoms with van der Waals surface area (Å²) in [5.74, 6) is 1.04. The van der Waals surface area contributed by atoms with Crippen molar-refractivity contribution in [2.75, 3.05) is 20.7 Å². The lowest BCUT2D eigenvalue weighted by molar-refractivity contribution is 0.280. The van der Waals surface area contributed by atoms with Gasteiger partial charge >= 0.3 is 0 Å². The molecule has 3 aromatic rings. The number of tetrazole rings is 1. The number of sulfonamides is 1. The van der Waals surface area contributed by atoms with E-state index in [2.05, 4.69) is 15.4 Å². The number of halogens is 1. The third-order valence-electron chi connectivity index (χ3n) is 3.70. The minimum Gasteiger partial charge on any atom is -0.492 e. The van der Waals surface area contributed by atoms with Gasteiger partial charge in [0.1, 0.15) is 12.4 Å². The van der Waals surface area contributed by atoms with E-state index in [0.717, 1.165) is 9.87 Å². The summed E-state index contributed by atoms with van der Waals surface area (Å²) < 4.78 is 30.8. The highest BCUT2D eigenvalue weighted by Crippen LogP contribution is 2.19. The molecule has 0 saturated carbocycles. The first-order valence-electron chi connectivity index (χ1n) is 8.05. The molecular formula is C17H18ClN5O3S. The van der Waals surface area contributed by atoms with Crippen LogP contribution in [0.15, 0.2) is 53.4 Å². The van der Waals surface area contributed by atoms with Gasteiger partial charge < -0.3 is 4.74 Å². The smallest absolute Gasteiger partial charge is 0.242 e. The van der Waals surface area contributed by atoms with E-state index in [0.29, 0.717) is 29.7 Å². The average Bonchev–Trinajstić information content (AvgIpc) is 3.11. The molecule has 0 amide bonds. The van der Waals surface area contributed by atoms with Crippen molar-refractivity contribution in [3.8, 4) is 17.1 Å². The van der Waals surface area contributed by atoms with Gasteiger partial charge in [-0.1, -0.05) is 23.7 Å². The van der Waals surface area contributed by atoms with Crippen molar-refractivity contribution in [2.24, 2.45) is 0 Å². The third-order valence-corrected chi connectivity index (χ3v) is 5.76. The number of aromatic nitrogens is 4. The summed E-state index contributed by atoms with van der Waals surface area (Å²) in [5, 5.41) is 12.9. The van der Waals surface area contributed by atoms with Crippen molar-refractivity contribution in [3.63, 3.8) is 0 Å². The SMILES string of the molecule is CN(C)S(=O)(=O)c1ccc(OCCn2nnc(-c3cccc(Cl)c3)n2)cc1. The summed E-state index contributed by atoms with van der Waals surface area (Å²) in [4.78, 5) is 1.64. The highest BCUT2D eigenvalue weighted by atomic mass is 35.5. The van der Waals surface area contributed by atoms with Gasteiger partial charge in [0.05, 0.1) is 11.4 Å². The van der Waals surface area contributed by atoms with Crippen molar-refractivity contribution in [2.45, 2.75) is 11.4 Å². The van der Waals surface area contributed by atoms with Crippen LogP contribution in [0.2, 0.25) is 5.02 Å². The van der Waals surface area contributed by atoms with Crippen LogP contribution in [-0.4, -0.2) is 53.6 Å². The number of hydrogen-bond acceptors (Lipinski definition) is 6. The Bertz CT molecular complexity index is 1020. The van der Waals surface area contributed by atoms with Gasteiger partial charge in [0.25, 0.3) is 0 Å². The number of rotatable bonds is 7. The maximum Gasteiger partial charge on any atom is 0.242 e. The molecule has 3 rings (SSSR count). The van der Waals surface area contributed by atoms with Gasteiger partial charge in [-0.2, -0.15) is 4.80 Å². The molecule has 0 unspecified atom stereocenters. The molecule has 0 atom stereocenters. The summed E-state index contributed by atoms with van der Waals surface area (Å²) in [6.07, 6.45) is 0. The summed E-state index contributed by atoms with van der Waals surface area (Å²) >= 11 is 5.97. The summed E-state index contributed by atoms with van der Waals surface area (Å²) in [5.41, 5.74) is 0.785. The van der Waals surface area contributed by atoms with E-state index in [1.54, 1.807) is 24.3 Å². The van der Waals surface area contributed by atoms with E-state index >= 15 is 0 Å².